The zero-order valence-electron chi connectivity index (χ0n) is 12.8. The number of hydrogen-bond acceptors (Lipinski definition) is 6. The van der Waals surface area contributed by atoms with Crippen molar-refractivity contribution in [1.29, 1.82) is 0 Å². The van der Waals surface area contributed by atoms with Crippen LogP contribution in [0.3, 0.4) is 0 Å². The minimum atomic E-state index is 0.0371. The van der Waals surface area contributed by atoms with Gasteiger partial charge in [-0.2, -0.15) is 0 Å². The molecule has 0 saturated carbocycles. The van der Waals surface area contributed by atoms with Crippen LogP contribution in [0, 0.1) is 0 Å². The van der Waals surface area contributed by atoms with Crippen molar-refractivity contribution in [3.05, 3.63) is 42.5 Å². The molecule has 2 atom stereocenters. The molecule has 3 heterocycles. The van der Waals surface area contributed by atoms with Gasteiger partial charge in [0.05, 0.1) is 13.4 Å². The van der Waals surface area contributed by atoms with Gasteiger partial charge in [-0.15, -0.1) is 0 Å². The second-order valence-electron chi connectivity index (χ2n) is 5.75. The molecule has 0 aliphatic carbocycles. The summed E-state index contributed by atoms with van der Waals surface area (Å²) in [6.45, 7) is 1.55. The number of benzene rings is 1. The number of nitrogens with zero attached hydrogens (tertiary/aromatic N) is 4. The summed E-state index contributed by atoms with van der Waals surface area (Å²) < 4.78 is 5.32. The van der Waals surface area contributed by atoms with Gasteiger partial charge >= 0.3 is 0 Å². The summed E-state index contributed by atoms with van der Waals surface area (Å²) in [5, 5.41) is 0. The maximum absolute atomic E-state index is 6.40. The standard InChI is InChI=1S/C16H18N6O/c1-23-11-4-2-3-10(5-11)12-6-22(7-13(12)17)16-14-15(19-8-18-14)20-9-21-16/h2-5,8-9,12-13H,6-7,17H2,1H3,(H,18,19,20,21)/t12-,13+/m1/s1. The molecule has 4 rings (SSSR count). The van der Waals surface area contributed by atoms with E-state index in [9.17, 15) is 0 Å². The third kappa shape index (κ3) is 2.39. The molecule has 1 aliphatic heterocycles. The number of nitrogens with two attached hydrogens (primary N) is 1. The Balaban J connectivity index is 1.65. The Bertz CT molecular complexity index is 832. The lowest BCUT2D eigenvalue weighted by atomic mass is 9.95. The van der Waals surface area contributed by atoms with Crippen molar-refractivity contribution in [2.75, 3.05) is 25.1 Å². The highest BCUT2D eigenvalue weighted by Gasteiger charge is 2.33. The number of hydrogen-bond donors (Lipinski definition) is 2. The van der Waals surface area contributed by atoms with E-state index in [1.165, 1.54) is 5.56 Å². The summed E-state index contributed by atoms with van der Waals surface area (Å²) in [6, 6.07) is 8.14. The maximum atomic E-state index is 6.40. The van der Waals surface area contributed by atoms with Crippen LogP contribution in [0.2, 0.25) is 0 Å². The first-order valence-corrected chi connectivity index (χ1v) is 7.55. The monoisotopic (exact) mass is 310 g/mol. The van der Waals surface area contributed by atoms with E-state index >= 15 is 0 Å². The summed E-state index contributed by atoms with van der Waals surface area (Å²) in [6.07, 6.45) is 3.18. The summed E-state index contributed by atoms with van der Waals surface area (Å²) >= 11 is 0. The van der Waals surface area contributed by atoms with Gasteiger partial charge in [-0.05, 0) is 17.7 Å². The predicted octanol–water partition coefficient (Wildman–Crippen LogP) is 1.29. The minimum Gasteiger partial charge on any atom is -0.497 e. The van der Waals surface area contributed by atoms with Crippen LogP contribution < -0.4 is 15.4 Å². The molecule has 118 valence electrons. The molecule has 1 aliphatic rings. The second kappa shape index (κ2) is 5.51. The van der Waals surface area contributed by atoms with Gasteiger partial charge in [0, 0.05) is 25.0 Å². The molecule has 0 radical (unpaired) electrons. The largest absolute Gasteiger partial charge is 0.497 e. The Hall–Kier alpha value is -2.67. The molecular weight excluding hydrogens is 292 g/mol. The lowest BCUT2D eigenvalue weighted by molar-refractivity contribution is 0.413. The van der Waals surface area contributed by atoms with Crippen LogP contribution in [-0.2, 0) is 0 Å². The molecule has 1 fully saturated rings. The molecule has 0 unspecified atom stereocenters. The first kappa shape index (κ1) is 14.0. The second-order valence-corrected chi connectivity index (χ2v) is 5.75. The van der Waals surface area contributed by atoms with E-state index in [2.05, 4.69) is 37.0 Å². The molecule has 1 saturated heterocycles. The highest BCUT2D eigenvalue weighted by Crippen LogP contribution is 2.32. The molecule has 3 N–H and O–H groups in total. The normalized spacial score (nSPS) is 21.0. The number of methoxy groups -OCH3 is 1. The smallest absolute Gasteiger partial charge is 0.182 e. The van der Waals surface area contributed by atoms with Crippen LogP contribution in [-0.4, -0.2) is 46.2 Å². The molecular formula is C16H18N6O. The Morgan fingerprint density at radius 1 is 1.26 bits per heavy atom. The highest BCUT2D eigenvalue weighted by molar-refractivity contribution is 5.82. The van der Waals surface area contributed by atoms with E-state index < -0.39 is 0 Å². The number of nitrogens with one attached hydrogen (secondary N) is 1. The zero-order valence-corrected chi connectivity index (χ0v) is 12.8. The van der Waals surface area contributed by atoms with Crippen LogP contribution in [0.1, 0.15) is 11.5 Å². The quantitative estimate of drug-likeness (QED) is 0.757. The molecule has 7 heteroatoms. The van der Waals surface area contributed by atoms with Crippen molar-refractivity contribution < 1.29 is 4.74 Å². The number of imidazole rings is 1. The van der Waals surface area contributed by atoms with Gasteiger partial charge in [-0.25, -0.2) is 15.0 Å². The van der Waals surface area contributed by atoms with Crippen LogP contribution in [0.5, 0.6) is 5.75 Å². The van der Waals surface area contributed by atoms with E-state index in [0.717, 1.165) is 30.2 Å². The fourth-order valence-electron chi connectivity index (χ4n) is 3.22. The Kier molecular flexibility index (Phi) is 3.34. The average molecular weight is 310 g/mol. The number of fused-ring (bicyclic) bond motifs is 1. The van der Waals surface area contributed by atoms with Gasteiger partial charge in [-0.3, -0.25) is 0 Å². The first-order valence-electron chi connectivity index (χ1n) is 7.55. The number of rotatable bonds is 3. The van der Waals surface area contributed by atoms with Crippen molar-refractivity contribution in [2.45, 2.75) is 12.0 Å². The topological polar surface area (TPSA) is 93.0 Å². The summed E-state index contributed by atoms with van der Waals surface area (Å²) in [5.41, 5.74) is 9.11. The van der Waals surface area contributed by atoms with Crippen LogP contribution in [0.4, 0.5) is 5.82 Å². The fraction of sp³-hybridized carbons (Fsp3) is 0.312. The van der Waals surface area contributed by atoms with Crippen molar-refractivity contribution in [1.82, 2.24) is 19.9 Å². The third-order valence-electron chi connectivity index (χ3n) is 4.39. The van der Waals surface area contributed by atoms with Crippen molar-refractivity contribution in [2.24, 2.45) is 5.73 Å². The van der Waals surface area contributed by atoms with Crippen molar-refractivity contribution in [3.63, 3.8) is 0 Å². The van der Waals surface area contributed by atoms with Crippen molar-refractivity contribution in [3.8, 4) is 5.75 Å². The van der Waals surface area contributed by atoms with E-state index in [-0.39, 0.29) is 12.0 Å². The number of H-pyrrole nitrogens is 1. The average Bonchev–Trinajstić information content (AvgIpc) is 3.21. The molecule has 23 heavy (non-hydrogen) atoms. The molecule has 0 spiro atoms. The van der Waals surface area contributed by atoms with E-state index in [1.807, 2.05) is 12.1 Å². The Morgan fingerprint density at radius 3 is 3.04 bits per heavy atom. The van der Waals surface area contributed by atoms with E-state index in [4.69, 9.17) is 10.5 Å². The number of ether oxygens (including phenoxy) is 1. The van der Waals surface area contributed by atoms with Gasteiger partial charge in [0.2, 0.25) is 0 Å². The first-order chi connectivity index (χ1) is 11.3. The number of aromatic amines is 1. The number of aromatic nitrogens is 4. The van der Waals surface area contributed by atoms with Crippen LogP contribution >= 0.6 is 0 Å². The Labute approximate surface area is 133 Å². The predicted molar refractivity (Wildman–Crippen MR) is 87.6 cm³/mol. The summed E-state index contributed by atoms with van der Waals surface area (Å²) in [7, 11) is 1.68. The molecule has 2 aromatic heterocycles. The van der Waals surface area contributed by atoms with Gasteiger partial charge in [0.1, 0.15) is 17.6 Å². The lowest BCUT2D eigenvalue weighted by Gasteiger charge is -2.17. The zero-order chi connectivity index (χ0) is 15.8. The van der Waals surface area contributed by atoms with Gasteiger partial charge in [-0.1, -0.05) is 12.1 Å². The molecule has 1 aromatic carbocycles. The molecule has 0 amide bonds. The van der Waals surface area contributed by atoms with Crippen molar-refractivity contribution >= 4 is 17.0 Å². The Morgan fingerprint density at radius 2 is 2.17 bits per heavy atom. The van der Waals surface area contributed by atoms with Gasteiger partial charge in [0.25, 0.3) is 0 Å². The molecule has 7 nitrogen and oxygen atoms in total. The molecule has 3 aromatic rings. The van der Waals surface area contributed by atoms with E-state index in [0.29, 0.717) is 5.65 Å². The van der Waals surface area contributed by atoms with Crippen LogP contribution in [0.25, 0.3) is 11.2 Å². The maximum Gasteiger partial charge on any atom is 0.182 e. The van der Waals surface area contributed by atoms with E-state index in [1.54, 1.807) is 19.8 Å². The summed E-state index contributed by atoms with van der Waals surface area (Å²) in [4.78, 5) is 18.1. The highest BCUT2D eigenvalue weighted by atomic mass is 16.5. The third-order valence-corrected chi connectivity index (χ3v) is 4.39. The molecule has 0 bridgehead atoms. The van der Waals surface area contributed by atoms with Gasteiger partial charge < -0.3 is 20.4 Å². The lowest BCUT2D eigenvalue weighted by Crippen LogP contribution is -2.29. The van der Waals surface area contributed by atoms with Gasteiger partial charge in [0.15, 0.2) is 11.5 Å². The number of anilines is 1. The SMILES string of the molecule is COc1cccc([C@H]2CN(c3ncnc4nc[nH]c34)C[C@@H]2N)c1. The van der Waals surface area contributed by atoms with Crippen LogP contribution in [0.15, 0.2) is 36.9 Å². The summed E-state index contributed by atoms with van der Waals surface area (Å²) in [5.74, 6) is 1.94. The fourth-order valence-corrected chi connectivity index (χ4v) is 3.22. The minimum absolute atomic E-state index is 0.0371.